The molecular weight excluding hydrogens is 216 g/mol. The van der Waals surface area contributed by atoms with Crippen LogP contribution in [0.5, 0.6) is 0 Å². The van der Waals surface area contributed by atoms with Crippen molar-refractivity contribution in [2.75, 3.05) is 13.6 Å². The first-order valence-corrected chi connectivity index (χ1v) is 6.08. The fourth-order valence-electron chi connectivity index (χ4n) is 2.03. The standard InChI is InChI=1S/C12H20N4O/c1-4-11-5-12(17-15-11)8-16(3)7-10-6-13-14-9(10)2/h6,12H,4-5,7-8H2,1-3H3,(H,13,14)/t12-/m0/s1. The van der Waals surface area contributed by atoms with Crippen molar-refractivity contribution in [3.05, 3.63) is 17.5 Å². The van der Waals surface area contributed by atoms with Crippen LogP contribution in [0.2, 0.25) is 0 Å². The summed E-state index contributed by atoms with van der Waals surface area (Å²) in [6.07, 6.45) is 4.05. The summed E-state index contributed by atoms with van der Waals surface area (Å²) in [6.45, 7) is 5.95. The van der Waals surface area contributed by atoms with Crippen molar-refractivity contribution in [1.82, 2.24) is 15.1 Å². The molecular formula is C12H20N4O. The maximum Gasteiger partial charge on any atom is 0.145 e. The van der Waals surface area contributed by atoms with Gasteiger partial charge in [0.2, 0.25) is 0 Å². The van der Waals surface area contributed by atoms with E-state index >= 15 is 0 Å². The molecule has 2 heterocycles. The van der Waals surface area contributed by atoms with Gasteiger partial charge in [0.15, 0.2) is 0 Å². The zero-order chi connectivity index (χ0) is 12.3. The lowest BCUT2D eigenvalue weighted by Gasteiger charge is -2.19. The second-order valence-electron chi connectivity index (χ2n) is 4.66. The number of aromatic nitrogens is 2. The Morgan fingerprint density at radius 3 is 3.00 bits per heavy atom. The van der Waals surface area contributed by atoms with Crippen molar-refractivity contribution < 1.29 is 4.84 Å². The molecule has 1 aliphatic rings. The van der Waals surface area contributed by atoms with Crippen molar-refractivity contribution in [3.8, 4) is 0 Å². The molecule has 0 saturated heterocycles. The van der Waals surface area contributed by atoms with Crippen LogP contribution < -0.4 is 0 Å². The molecule has 5 nitrogen and oxygen atoms in total. The van der Waals surface area contributed by atoms with E-state index in [-0.39, 0.29) is 6.10 Å². The predicted octanol–water partition coefficient (Wildman–Crippen LogP) is 1.70. The molecule has 0 amide bonds. The number of rotatable bonds is 5. The number of likely N-dealkylation sites (N-methyl/N-ethyl adjacent to an activating group) is 1. The number of aromatic amines is 1. The lowest BCUT2D eigenvalue weighted by Crippen LogP contribution is -2.29. The van der Waals surface area contributed by atoms with E-state index in [0.717, 1.165) is 31.6 Å². The summed E-state index contributed by atoms with van der Waals surface area (Å²) in [4.78, 5) is 7.65. The topological polar surface area (TPSA) is 53.5 Å². The fraction of sp³-hybridized carbons (Fsp3) is 0.667. The first kappa shape index (κ1) is 12.1. The molecule has 1 aliphatic heterocycles. The Kier molecular flexibility index (Phi) is 3.78. The lowest BCUT2D eigenvalue weighted by atomic mass is 10.1. The van der Waals surface area contributed by atoms with Gasteiger partial charge in [0.05, 0.1) is 11.9 Å². The first-order chi connectivity index (χ1) is 8.19. The highest BCUT2D eigenvalue weighted by Crippen LogP contribution is 2.14. The molecule has 94 valence electrons. The average molecular weight is 236 g/mol. The van der Waals surface area contributed by atoms with Gasteiger partial charge in [-0.25, -0.2) is 0 Å². The van der Waals surface area contributed by atoms with Gasteiger partial charge >= 0.3 is 0 Å². The summed E-state index contributed by atoms with van der Waals surface area (Å²) in [7, 11) is 2.10. The third-order valence-electron chi connectivity index (χ3n) is 3.09. The zero-order valence-corrected chi connectivity index (χ0v) is 10.7. The van der Waals surface area contributed by atoms with Crippen LogP contribution in [0.4, 0.5) is 0 Å². The molecule has 1 aromatic rings. The Bertz CT molecular complexity index is 399. The monoisotopic (exact) mass is 236 g/mol. The number of aryl methyl sites for hydroxylation is 1. The van der Waals surface area contributed by atoms with Crippen molar-refractivity contribution in [2.45, 2.75) is 39.3 Å². The summed E-state index contributed by atoms with van der Waals surface area (Å²) >= 11 is 0. The molecule has 0 saturated carbocycles. The van der Waals surface area contributed by atoms with Gasteiger partial charge < -0.3 is 4.84 Å². The smallest absolute Gasteiger partial charge is 0.145 e. The summed E-state index contributed by atoms with van der Waals surface area (Å²) < 4.78 is 0. The van der Waals surface area contributed by atoms with E-state index < -0.39 is 0 Å². The molecule has 1 N–H and O–H groups in total. The van der Waals surface area contributed by atoms with E-state index in [9.17, 15) is 0 Å². The van der Waals surface area contributed by atoms with Gasteiger partial charge in [-0.2, -0.15) is 5.10 Å². The maximum atomic E-state index is 5.40. The van der Waals surface area contributed by atoms with Crippen LogP contribution in [-0.2, 0) is 11.4 Å². The Morgan fingerprint density at radius 2 is 2.41 bits per heavy atom. The molecule has 17 heavy (non-hydrogen) atoms. The van der Waals surface area contributed by atoms with E-state index in [4.69, 9.17) is 4.84 Å². The highest BCUT2D eigenvalue weighted by Gasteiger charge is 2.21. The average Bonchev–Trinajstić information content (AvgIpc) is 2.89. The molecule has 0 aliphatic carbocycles. The predicted molar refractivity (Wildman–Crippen MR) is 66.9 cm³/mol. The fourth-order valence-corrected chi connectivity index (χ4v) is 2.03. The molecule has 1 aromatic heterocycles. The van der Waals surface area contributed by atoms with Crippen LogP contribution >= 0.6 is 0 Å². The van der Waals surface area contributed by atoms with E-state index in [0.29, 0.717) is 0 Å². The van der Waals surface area contributed by atoms with E-state index in [1.54, 1.807) is 0 Å². The Balaban J connectivity index is 1.79. The van der Waals surface area contributed by atoms with Crippen molar-refractivity contribution in [2.24, 2.45) is 5.16 Å². The van der Waals surface area contributed by atoms with Crippen molar-refractivity contribution in [3.63, 3.8) is 0 Å². The maximum absolute atomic E-state index is 5.40. The molecule has 0 spiro atoms. The number of hydrogen-bond acceptors (Lipinski definition) is 4. The van der Waals surface area contributed by atoms with Gasteiger partial charge in [-0.05, 0) is 20.4 Å². The van der Waals surface area contributed by atoms with E-state index in [2.05, 4.69) is 34.2 Å². The first-order valence-electron chi connectivity index (χ1n) is 6.08. The van der Waals surface area contributed by atoms with Crippen LogP contribution in [-0.4, -0.2) is 40.5 Å². The normalized spacial score (nSPS) is 19.5. The number of H-pyrrole nitrogens is 1. The van der Waals surface area contributed by atoms with Crippen LogP contribution in [0, 0.1) is 6.92 Å². The lowest BCUT2D eigenvalue weighted by molar-refractivity contribution is 0.0576. The molecule has 0 radical (unpaired) electrons. The van der Waals surface area contributed by atoms with E-state index in [1.807, 2.05) is 13.1 Å². The summed E-state index contributed by atoms with van der Waals surface area (Å²) in [5, 5.41) is 11.1. The third-order valence-corrected chi connectivity index (χ3v) is 3.09. The zero-order valence-electron chi connectivity index (χ0n) is 10.7. The van der Waals surface area contributed by atoms with Crippen molar-refractivity contribution >= 4 is 5.71 Å². The molecule has 0 fully saturated rings. The summed E-state index contributed by atoms with van der Waals surface area (Å²) in [5.74, 6) is 0. The Hall–Kier alpha value is -1.36. The quantitative estimate of drug-likeness (QED) is 0.846. The van der Waals surface area contributed by atoms with Crippen LogP contribution in [0.1, 0.15) is 31.0 Å². The minimum atomic E-state index is 0.210. The van der Waals surface area contributed by atoms with Gasteiger partial charge in [0, 0.05) is 30.8 Å². The van der Waals surface area contributed by atoms with Crippen LogP contribution in [0.15, 0.2) is 11.4 Å². The Morgan fingerprint density at radius 1 is 1.59 bits per heavy atom. The molecule has 0 bridgehead atoms. The minimum Gasteiger partial charge on any atom is -0.391 e. The molecule has 0 aromatic carbocycles. The van der Waals surface area contributed by atoms with E-state index in [1.165, 1.54) is 11.3 Å². The second-order valence-corrected chi connectivity index (χ2v) is 4.66. The molecule has 5 heteroatoms. The van der Waals surface area contributed by atoms with Gasteiger partial charge in [-0.3, -0.25) is 10.00 Å². The molecule has 0 unspecified atom stereocenters. The van der Waals surface area contributed by atoms with Gasteiger partial charge in [0.25, 0.3) is 0 Å². The number of oxime groups is 1. The highest BCUT2D eigenvalue weighted by atomic mass is 16.6. The van der Waals surface area contributed by atoms with Gasteiger partial charge in [0.1, 0.15) is 6.10 Å². The SMILES string of the molecule is CCC1=NO[C@H](CN(C)Cc2cn[nH]c2C)C1. The summed E-state index contributed by atoms with van der Waals surface area (Å²) in [5.41, 5.74) is 3.54. The Labute approximate surface area is 102 Å². The minimum absolute atomic E-state index is 0.210. The van der Waals surface area contributed by atoms with Crippen molar-refractivity contribution in [1.29, 1.82) is 0 Å². The second kappa shape index (κ2) is 5.31. The highest BCUT2D eigenvalue weighted by molar-refractivity contribution is 5.85. The molecule has 2 rings (SSSR count). The van der Waals surface area contributed by atoms with Crippen LogP contribution in [0.3, 0.4) is 0 Å². The van der Waals surface area contributed by atoms with Crippen LogP contribution in [0.25, 0.3) is 0 Å². The molecule has 1 atom stereocenters. The van der Waals surface area contributed by atoms with Gasteiger partial charge in [-0.1, -0.05) is 12.1 Å². The number of nitrogens with zero attached hydrogens (tertiary/aromatic N) is 3. The number of hydrogen-bond donors (Lipinski definition) is 1. The van der Waals surface area contributed by atoms with Gasteiger partial charge in [-0.15, -0.1) is 0 Å². The summed E-state index contributed by atoms with van der Waals surface area (Å²) in [6, 6.07) is 0. The third kappa shape index (κ3) is 3.06. The largest absolute Gasteiger partial charge is 0.391 e. The number of nitrogens with one attached hydrogen (secondary N) is 1.